The summed E-state index contributed by atoms with van der Waals surface area (Å²) < 4.78 is 38.0. The number of sulfonamides is 1. The molecule has 0 atom stereocenters. The zero-order chi connectivity index (χ0) is 25.8. The van der Waals surface area contributed by atoms with E-state index in [0.29, 0.717) is 30.0 Å². The highest BCUT2D eigenvalue weighted by molar-refractivity contribution is 7.89. The minimum Gasteiger partial charge on any atom is -0.497 e. The van der Waals surface area contributed by atoms with E-state index in [0.717, 1.165) is 36.9 Å². The Balaban J connectivity index is 1.60. The van der Waals surface area contributed by atoms with E-state index < -0.39 is 10.0 Å². The van der Waals surface area contributed by atoms with Crippen LogP contribution in [0.3, 0.4) is 0 Å². The first-order valence-electron chi connectivity index (χ1n) is 11.6. The number of carbonyl (C=O) groups excluding carboxylic acids is 1. The molecule has 35 heavy (non-hydrogen) atoms. The summed E-state index contributed by atoms with van der Waals surface area (Å²) >= 11 is 0. The van der Waals surface area contributed by atoms with Crippen molar-refractivity contribution in [1.29, 1.82) is 0 Å². The van der Waals surface area contributed by atoms with Crippen molar-refractivity contribution in [3.05, 3.63) is 35.0 Å². The Morgan fingerprint density at radius 2 is 1.74 bits per heavy atom. The Kier molecular flexibility index (Phi) is 8.86. The molecule has 11 nitrogen and oxygen atoms in total. The van der Waals surface area contributed by atoms with Crippen molar-refractivity contribution in [1.82, 2.24) is 29.1 Å². The highest BCUT2D eigenvalue weighted by Crippen LogP contribution is 2.28. The first kappa shape index (κ1) is 27.1. The van der Waals surface area contributed by atoms with Gasteiger partial charge in [-0.15, -0.1) is 0 Å². The lowest BCUT2D eigenvalue weighted by Gasteiger charge is -2.34. The summed E-state index contributed by atoms with van der Waals surface area (Å²) in [5, 5.41) is 3.85. The molecule has 2 heterocycles. The molecule has 0 saturated carbocycles. The van der Waals surface area contributed by atoms with Gasteiger partial charge in [-0.25, -0.2) is 8.42 Å². The molecule has 194 valence electrons. The molecule has 1 fully saturated rings. The summed E-state index contributed by atoms with van der Waals surface area (Å²) in [6.45, 7) is 8.12. The average molecular weight is 509 g/mol. The fourth-order valence-corrected chi connectivity index (χ4v) is 5.73. The van der Waals surface area contributed by atoms with Gasteiger partial charge in [0.05, 0.1) is 18.6 Å². The molecule has 1 aliphatic heterocycles. The number of carbonyl (C=O) groups is 1. The zero-order valence-electron chi connectivity index (χ0n) is 21.4. The van der Waals surface area contributed by atoms with Gasteiger partial charge in [-0.3, -0.25) is 9.69 Å². The van der Waals surface area contributed by atoms with Crippen molar-refractivity contribution in [3.63, 3.8) is 0 Å². The summed E-state index contributed by atoms with van der Waals surface area (Å²) in [5.74, 6) is 0.274. The zero-order valence-corrected chi connectivity index (χ0v) is 22.3. The van der Waals surface area contributed by atoms with E-state index in [-0.39, 0.29) is 29.1 Å². The van der Waals surface area contributed by atoms with Gasteiger partial charge in [0.25, 0.3) is 0 Å². The van der Waals surface area contributed by atoms with E-state index in [1.165, 1.54) is 14.2 Å². The van der Waals surface area contributed by atoms with Crippen LogP contribution in [0.1, 0.15) is 34.1 Å². The van der Waals surface area contributed by atoms with Gasteiger partial charge in [-0.05, 0) is 70.7 Å². The van der Waals surface area contributed by atoms with Crippen LogP contribution in [0.2, 0.25) is 0 Å². The third-order valence-corrected chi connectivity index (χ3v) is 8.20. The van der Waals surface area contributed by atoms with Gasteiger partial charge in [0, 0.05) is 33.2 Å². The molecule has 1 amide bonds. The predicted molar refractivity (Wildman–Crippen MR) is 131 cm³/mol. The topological polar surface area (TPSA) is 112 Å². The third kappa shape index (κ3) is 6.57. The lowest BCUT2D eigenvalue weighted by molar-refractivity contribution is 0.0586. The van der Waals surface area contributed by atoms with Crippen molar-refractivity contribution in [3.8, 4) is 5.75 Å². The molecule has 1 saturated heterocycles. The second-order valence-corrected chi connectivity index (χ2v) is 11.1. The van der Waals surface area contributed by atoms with E-state index >= 15 is 0 Å². The number of hydrogen-bond acceptors (Lipinski definition) is 9. The molecular formula is C23H36N6O5S. The minimum atomic E-state index is -3.82. The van der Waals surface area contributed by atoms with Gasteiger partial charge in [0.2, 0.25) is 10.0 Å². The van der Waals surface area contributed by atoms with Crippen LogP contribution in [0, 0.1) is 13.8 Å². The Bertz CT molecular complexity index is 1100. The molecule has 1 aromatic heterocycles. The number of hydrogen-bond donors (Lipinski definition) is 0. The lowest BCUT2D eigenvalue weighted by atomic mass is 10.1. The smallest absolute Gasteiger partial charge is 0.316 e. The maximum Gasteiger partial charge on any atom is 0.316 e. The second kappa shape index (κ2) is 11.5. The second-order valence-electron chi connectivity index (χ2n) is 9.16. The van der Waals surface area contributed by atoms with Crippen LogP contribution < -0.4 is 4.74 Å². The Labute approximate surface area is 207 Å². The van der Waals surface area contributed by atoms with Crippen LogP contribution in [0.5, 0.6) is 5.75 Å². The van der Waals surface area contributed by atoms with E-state index in [2.05, 4.69) is 34.0 Å². The number of methoxy groups -OCH3 is 1. The molecular weight excluding hydrogens is 472 g/mol. The molecule has 12 heteroatoms. The van der Waals surface area contributed by atoms with Crippen molar-refractivity contribution in [2.24, 2.45) is 0 Å². The number of ether oxygens (including phenoxy) is 1. The van der Waals surface area contributed by atoms with Crippen molar-refractivity contribution < 1.29 is 22.5 Å². The van der Waals surface area contributed by atoms with Gasteiger partial charge in [-0.1, -0.05) is 5.16 Å². The number of piperazine rings is 1. The largest absolute Gasteiger partial charge is 0.497 e. The van der Waals surface area contributed by atoms with Crippen LogP contribution >= 0.6 is 0 Å². The van der Waals surface area contributed by atoms with Gasteiger partial charge in [-0.2, -0.15) is 9.29 Å². The average Bonchev–Trinajstić information content (AvgIpc) is 3.26. The van der Waals surface area contributed by atoms with Crippen LogP contribution in [-0.4, -0.2) is 111 Å². The first-order valence-corrected chi connectivity index (χ1v) is 13.1. The molecule has 0 bridgehead atoms. The molecule has 0 aliphatic carbocycles. The van der Waals surface area contributed by atoms with E-state index in [1.54, 1.807) is 30.9 Å². The molecule has 3 rings (SSSR count). The highest BCUT2D eigenvalue weighted by atomic mass is 32.2. The number of amides is 1. The van der Waals surface area contributed by atoms with Crippen LogP contribution in [0.4, 0.5) is 0 Å². The minimum absolute atomic E-state index is 0.121. The van der Waals surface area contributed by atoms with Crippen molar-refractivity contribution in [2.45, 2.75) is 31.7 Å². The fourth-order valence-electron chi connectivity index (χ4n) is 4.20. The standard InChI is InChI=1S/C23H36N6O5S/c1-17-14-19(33-6)15-18(2)21(17)35(31,32)27(5)16-20-24-22(34-25-20)23(30)29-12-10-28(11-13-29)9-7-8-26(3)4/h14-15H,7-13,16H2,1-6H3. The Hall–Kier alpha value is -2.54. The normalized spacial score (nSPS) is 15.3. The van der Waals surface area contributed by atoms with Crippen LogP contribution in [-0.2, 0) is 16.6 Å². The fraction of sp³-hybridized carbons (Fsp3) is 0.609. The van der Waals surface area contributed by atoms with Crippen molar-refractivity contribution >= 4 is 15.9 Å². The predicted octanol–water partition coefficient (Wildman–Crippen LogP) is 1.23. The summed E-state index contributed by atoms with van der Waals surface area (Å²) in [5.41, 5.74) is 1.16. The molecule has 2 aromatic rings. The number of aromatic nitrogens is 2. The van der Waals surface area contributed by atoms with Gasteiger partial charge in [0.15, 0.2) is 5.82 Å². The summed E-state index contributed by atoms with van der Waals surface area (Å²) in [4.78, 5) is 23.4. The molecule has 0 unspecified atom stereocenters. The monoisotopic (exact) mass is 508 g/mol. The quantitative estimate of drug-likeness (QED) is 0.468. The SMILES string of the molecule is COc1cc(C)c(S(=O)(=O)N(C)Cc2noc(C(=O)N3CCN(CCCN(C)C)CC3)n2)c(C)c1. The number of benzene rings is 1. The molecule has 1 aliphatic rings. The molecule has 0 N–H and O–H groups in total. The summed E-state index contributed by atoms with van der Waals surface area (Å²) in [6, 6.07) is 3.36. The molecule has 0 radical (unpaired) electrons. The Morgan fingerprint density at radius 3 is 2.31 bits per heavy atom. The highest BCUT2D eigenvalue weighted by Gasteiger charge is 2.29. The number of rotatable bonds is 10. The van der Waals surface area contributed by atoms with Gasteiger partial charge in [0.1, 0.15) is 5.75 Å². The summed E-state index contributed by atoms with van der Waals surface area (Å²) in [7, 11) is 3.28. The van der Waals surface area contributed by atoms with E-state index in [1.807, 2.05) is 0 Å². The van der Waals surface area contributed by atoms with Crippen molar-refractivity contribution in [2.75, 3.05) is 67.5 Å². The Morgan fingerprint density at radius 1 is 1.11 bits per heavy atom. The first-order chi connectivity index (χ1) is 16.5. The summed E-state index contributed by atoms with van der Waals surface area (Å²) in [6.07, 6.45) is 1.08. The molecule has 1 aromatic carbocycles. The molecule has 0 spiro atoms. The lowest BCUT2D eigenvalue weighted by Crippen LogP contribution is -2.49. The van der Waals surface area contributed by atoms with Gasteiger partial charge < -0.3 is 19.1 Å². The van der Waals surface area contributed by atoms with Crippen LogP contribution in [0.15, 0.2) is 21.6 Å². The van der Waals surface area contributed by atoms with E-state index in [9.17, 15) is 13.2 Å². The maximum atomic E-state index is 13.2. The van der Waals surface area contributed by atoms with Crippen LogP contribution in [0.25, 0.3) is 0 Å². The van der Waals surface area contributed by atoms with E-state index in [4.69, 9.17) is 9.26 Å². The third-order valence-electron chi connectivity index (χ3n) is 6.09. The maximum absolute atomic E-state index is 13.2. The number of nitrogens with zero attached hydrogens (tertiary/aromatic N) is 6. The number of aryl methyl sites for hydroxylation is 2. The van der Waals surface area contributed by atoms with Gasteiger partial charge >= 0.3 is 11.8 Å².